The molecule has 0 bridgehead atoms. The number of esters is 1. The van der Waals surface area contributed by atoms with Crippen LogP contribution in [-0.2, 0) is 25.7 Å². The Morgan fingerprint density at radius 2 is 1.86 bits per heavy atom. The van der Waals surface area contributed by atoms with Crippen LogP contribution in [0.1, 0.15) is 25.3 Å². The maximum atomic E-state index is 11.7. The quantitative estimate of drug-likeness (QED) is 0.575. The van der Waals surface area contributed by atoms with Crippen LogP contribution in [0.2, 0.25) is 0 Å². The maximum absolute atomic E-state index is 11.7. The molecule has 0 spiro atoms. The summed E-state index contributed by atoms with van der Waals surface area (Å²) in [5, 5.41) is 2.40. The molecule has 22 heavy (non-hydrogen) atoms. The van der Waals surface area contributed by atoms with E-state index in [4.69, 9.17) is 16.2 Å². The van der Waals surface area contributed by atoms with Crippen LogP contribution in [0.15, 0.2) is 30.3 Å². The number of amides is 2. The molecular weight excluding hydrogens is 286 g/mol. The third kappa shape index (κ3) is 6.36. The fraction of sp³-hybridized carbons (Fsp3) is 0.400. The Hall–Kier alpha value is -2.41. The smallest absolute Gasteiger partial charge is 0.306 e. The van der Waals surface area contributed by atoms with Crippen LogP contribution in [0.5, 0.6) is 0 Å². The highest BCUT2D eigenvalue weighted by molar-refractivity contribution is 5.89. The third-order valence-corrected chi connectivity index (χ3v) is 2.95. The Bertz CT molecular complexity index is 517. The van der Waals surface area contributed by atoms with Gasteiger partial charge in [-0.2, -0.15) is 0 Å². The number of primary amides is 1. The molecule has 0 heterocycles. The predicted octanol–water partition coefficient (Wildman–Crippen LogP) is -0.173. The van der Waals surface area contributed by atoms with Crippen LogP contribution >= 0.6 is 0 Å². The van der Waals surface area contributed by atoms with Gasteiger partial charge in [-0.25, -0.2) is 0 Å². The zero-order valence-corrected chi connectivity index (χ0v) is 12.5. The van der Waals surface area contributed by atoms with Crippen LogP contribution in [-0.4, -0.2) is 29.9 Å². The van der Waals surface area contributed by atoms with E-state index in [1.807, 2.05) is 30.3 Å². The molecule has 0 aliphatic rings. The standard InChI is InChI=1S/C15H21N3O4/c1-10(16)15(21)18-12(14(17)20)7-8-13(19)22-9-11-5-3-2-4-6-11/h2-6,10,12H,7-9,16H2,1H3,(H2,17,20)(H,18,21)/t10-,12+/m1/s1. The lowest BCUT2D eigenvalue weighted by atomic mass is 10.1. The number of nitrogens with two attached hydrogens (primary N) is 2. The van der Waals surface area contributed by atoms with Crippen molar-refractivity contribution < 1.29 is 19.1 Å². The predicted molar refractivity (Wildman–Crippen MR) is 80.2 cm³/mol. The Kier molecular flexibility index (Phi) is 7.04. The van der Waals surface area contributed by atoms with Crippen molar-refractivity contribution in [2.75, 3.05) is 0 Å². The SMILES string of the molecule is C[C@@H](N)C(=O)N[C@@H](CCC(=O)OCc1ccccc1)C(N)=O. The highest BCUT2D eigenvalue weighted by Crippen LogP contribution is 2.04. The molecule has 1 aromatic rings. The van der Waals surface area contributed by atoms with Gasteiger partial charge in [0.15, 0.2) is 0 Å². The summed E-state index contributed by atoms with van der Waals surface area (Å²) in [5.74, 6) is -1.68. The highest BCUT2D eigenvalue weighted by Gasteiger charge is 2.21. The summed E-state index contributed by atoms with van der Waals surface area (Å²) in [5.41, 5.74) is 11.5. The van der Waals surface area contributed by atoms with Gasteiger partial charge in [-0.15, -0.1) is 0 Å². The lowest BCUT2D eigenvalue weighted by molar-refractivity contribution is -0.145. The summed E-state index contributed by atoms with van der Waals surface area (Å²) < 4.78 is 5.08. The largest absolute Gasteiger partial charge is 0.461 e. The van der Waals surface area contributed by atoms with Crippen molar-refractivity contribution in [1.29, 1.82) is 0 Å². The average Bonchev–Trinajstić information content (AvgIpc) is 2.49. The molecule has 2 amide bonds. The van der Waals surface area contributed by atoms with Crippen molar-refractivity contribution in [3.05, 3.63) is 35.9 Å². The van der Waals surface area contributed by atoms with Gasteiger partial charge in [0, 0.05) is 6.42 Å². The van der Waals surface area contributed by atoms with Gasteiger partial charge in [-0.3, -0.25) is 14.4 Å². The summed E-state index contributed by atoms with van der Waals surface area (Å²) in [7, 11) is 0. The van der Waals surface area contributed by atoms with Crippen LogP contribution < -0.4 is 16.8 Å². The van der Waals surface area contributed by atoms with Gasteiger partial charge in [-0.05, 0) is 18.9 Å². The van der Waals surface area contributed by atoms with E-state index in [2.05, 4.69) is 5.32 Å². The molecule has 1 rings (SSSR count). The first kappa shape index (κ1) is 17.6. The molecule has 120 valence electrons. The summed E-state index contributed by atoms with van der Waals surface area (Å²) in [4.78, 5) is 34.4. The molecule has 7 nitrogen and oxygen atoms in total. The highest BCUT2D eigenvalue weighted by atomic mass is 16.5. The van der Waals surface area contributed by atoms with Crippen LogP contribution in [0.4, 0.5) is 0 Å². The van der Waals surface area contributed by atoms with Gasteiger partial charge in [0.05, 0.1) is 6.04 Å². The molecule has 0 unspecified atom stereocenters. The van der Waals surface area contributed by atoms with Crippen molar-refractivity contribution >= 4 is 17.8 Å². The Balaban J connectivity index is 2.39. The van der Waals surface area contributed by atoms with E-state index >= 15 is 0 Å². The second-order valence-corrected chi connectivity index (χ2v) is 4.94. The van der Waals surface area contributed by atoms with E-state index in [1.165, 1.54) is 6.92 Å². The minimum atomic E-state index is -0.942. The molecule has 0 aliphatic carbocycles. The summed E-state index contributed by atoms with van der Waals surface area (Å²) in [6, 6.07) is 7.52. The molecule has 0 aliphatic heterocycles. The topological polar surface area (TPSA) is 125 Å². The molecule has 0 fully saturated rings. The second kappa shape index (κ2) is 8.78. The summed E-state index contributed by atoms with van der Waals surface area (Å²) in [6.07, 6.45) is 0.0427. The first-order chi connectivity index (χ1) is 10.4. The molecule has 1 aromatic carbocycles. The van der Waals surface area contributed by atoms with Gasteiger partial charge in [0.2, 0.25) is 11.8 Å². The maximum Gasteiger partial charge on any atom is 0.306 e. The van der Waals surface area contributed by atoms with Crippen molar-refractivity contribution in [1.82, 2.24) is 5.32 Å². The molecule has 7 heteroatoms. The first-order valence-electron chi connectivity index (χ1n) is 6.95. The number of hydrogen-bond donors (Lipinski definition) is 3. The Morgan fingerprint density at radius 1 is 1.23 bits per heavy atom. The van der Waals surface area contributed by atoms with E-state index in [1.54, 1.807) is 0 Å². The normalized spacial score (nSPS) is 13.0. The van der Waals surface area contributed by atoms with Gasteiger partial charge >= 0.3 is 5.97 Å². The van der Waals surface area contributed by atoms with Crippen molar-refractivity contribution in [3.8, 4) is 0 Å². The first-order valence-corrected chi connectivity index (χ1v) is 6.95. The third-order valence-electron chi connectivity index (χ3n) is 2.95. The van der Waals surface area contributed by atoms with E-state index in [-0.39, 0.29) is 19.4 Å². The number of ether oxygens (including phenoxy) is 1. The Morgan fingerprint density at radius 3 is 2.41 bits per heavy atom. The minimum absolute atomic E-state index is 0.0281. The van der Waals surface area contributed by atoms with Gasteiger partial charge in [-0.1, -0.05) is 30.3 Å². The number of benzene rings is 1. The fourth-order valence-corrected chi connectivity index (χ4v) is 1.66. The number of rotatable bonds is 8. The summed E-state index contributed by atoms with van der Waals surface area (Å²) in [6.45, 7) is 1.65. The summed E-state index contributed by atoms with van der Waals surface area (Å²) >= 11 is 0. The zero-order chi connectivity index (χ0) is 16.5. The van der Waals surface area contributed by atoms with Crippen molar-refractivity contribution in [2.45, 2.75) is 38.5 Å². The van der Waals surface area contributed by atoms with E-state index in [9.17, 15) is 14.4 Å². The van der Waals surface area contributed by atoms with Gasteiger partial charge < -0.3 is 21.5 Å². The van der Waals surface area contributed by atoms with E-state index < -0.39 is 29.9 Å². The fourth-order valence-electron chi connectivity index (χ4n) is 1.66. The zero-order valence-electron chi connectivity index (χ0n) is 12.5. The van der Waals surface area contributed by atoms with Crippen molar-refractivity contribution in [2.24, 2.45) is 11.5 Å². The van der Waals surface area contributed by atoms with Gasteiger partial charge in [0.25, 0.3) is 0 Å². The van der Waals surface area contributed by atoms with E-state index in [0.717, 1.165) is 5.56 Å². The van der Waals surface area contributed by atoms with Crippen LogP contribution in [0.25, 0.3) is 0 Å². The molecule has 0 aromatic heterocycles. The molecule has 5 N–H and O–H groups in total. The minimum Gasteiger partial charge on any atom is -0.461 e. The second-order valence-electron chi connectivity index (χ2n) is 4.94. The molecule has 2 atom stereocenters. The van der Waals surface area contributed by atoms with Gasteiger partial charge in [0.1, 0.15) is 12.6 Å². The van der Waals surface area contributed by atoms with Crippen LogP contribution in [0.3, 0.4) is 0 Å². The van der Waals surface area contributed by atoms with Crippen molar-refractivity contribution in [3.63, 3.8) is 0 Å². The lowest BCUT2D eigenvalue weighted by Gasteiger charge is -2.16. The number of nitrogens with one attached hydrogen (secondary N) is 1. The molecule has 0 saturated heterocycles. The monoisotopic (exact) mass is 307 g/mol. The van der Waals surface area contributed by atoms with Crippen LogP contribution in [0, 0.1) is 0 Å². The molecule has 0 saturated carbocycles. The molecule has 0 radical (unpaired) electrons. The number of carbonyl (C=O) groups excluding carboxylic acids is 3. The molecular formula is C15H21N3O4. The average molecular weight is 307 g/mol. The number of hydrogen-bond acceptors (Lipinski definition) is 5. The van der Waals surface area contributed by atoms with E-state index in [0.29, 0.717) is 0 Å². The lowest BCUT2D eigenvalue weighted by Crippen LogP contribution is -2.49. The number of carbonyl (C=O) groups is 3. The Labute approximate surface area is 129 Å².